The molecule has 8 nitrogen and oxygen atoms in total. The molecule has 8 fully saturated rings. The van der Waals surface area contributed by atoms with Gasteiger partial charge in [-0.15, -0.1) is 0 Å². The van der Waals surface area contributed by atoms with Crippen LogP contribution < -0.4 is 5.32 Å². The minimum Gasteiger partial charge on any atom is -0.353 e. The summed E-state index contributed by atoms with van der Waals surface area (Å²) in [6.07, 6.45) is 15.2. The molecule has 4 saturated carbocycles. The summed E-state index contributed by atoms with van der Waals surface area (Å²) in [5, 5.41) is 3.30. The van der Waals surface area contributed by atoms with Crippen LogP contribution in [0.5, 0.6) is 0 Å². The summed E-state index contributed by atoms with van der Waals surface area (Å²) >= 11 is 0. The summed E-state index contributed by atoms with van der Waals surface area (Å²) in [4.78, 5) is 45.3. The van der Waals surface area contributed by atoms with Crippen LogP contribution in [0.2, 0.25) is 0 Å². The van der Waals surface area contributed by atoms with Gasteiger partial charge in [-0.1, -0.05) is 34.1 Å². The molecular weight excluding hydrogens is 602 g/mol. The number of rotatable bonds is 4. The molecule has 8 heteroatoms. The van der Waals surface area contributed by atoms with Gasteiger partial charge >= 0.3 is 0 Å². The molecule has 268 valence electrons. The maximum absolute atomic E-state index is 14.4. The Labute approximate surface area is 289 Å². The number of amides is 2. The first kappa shape index (κ1) is 33.6. The SMILES string of the molecule is C[C@@H]1CC[C@@]2(OC1)O[C@H]1C[C@H]3[C@@H]4CC[C@H]5CC(NC(=O)CC(=O)N6CCC(N7CCCCC7)CC6)CC[C@]5(C)[C@H]4CC(=O)[C@]3(C)[C@H]1[C@@H]2C. The highest BCUT2D eigenvalue weighted by Gasteiger charge is 2.71. The van der Waals surface area contributed by atoms with Gasteiger partial charge in [-0.2, -0.15) is 0 Å². The molecule has 4 aliphatic carbocycles. The maximum Gasteiger partial charge on any atom is 0.232 e. The van der Waals surface area contributed by atoms with E-state index >= 15 is 0 Å². The molecule has 1 unspecified atom stereocenters. The van der Waals surface area contributed by atoms with E-state index in [1.807, 2.05) is 4.90 Å². The van der Waals surface area contributed by atoms with Crippen molar-refractivity contribution in [3.8, 4) is 0 Å². The number of carbonyl (C=O) groups is 3. The number of carbonyl (C=O) groups excluding carboxylic acids is 3. The second-order valence-electron chi connectivity index (χ2n) is 18.5. The lowest BCUT2D eigenvalue weighted by Crippen LogP contribution is -2.59. The normalized spacial score (nSPS) is 48.0. The Bertz CT molecular complexity index is 1250. The maximum atomic E-state index is 14.4. The van der Waals surface area contributed by atoms with Gasteiger partial charge in [0.1, 0.15) is 12.2 Å². The lowest BCUT2D eigenvalue weighted by atomic mass is 9.44. The van der Waals surface area contributed by atoms with Crippen molar-refractivity contribution < 1.29 is 23.9 Å². The van der Waals surface area contributed by atoms with Crippen LogP contribution in [0.25, 0.3) is 0 Å². The topological polar surface area (TPSA) is 88.2 Å². The van der Waals surface area contributed by atoms with Gasteiger partial charge in [-0.25, -0.2) is 0 Å². The molecule has 0 bridgehead atoms. The summed E-state index contributed by atoms with van der Waals surface area (Å²) in [5.41, 5.74) is -0.186. The van der Waals surface area contributed by atoms with Crippen LogP contribution in [-0.2, 0) is 23.9 Å². The van der Waals surface area contributed by atoms with Crippen LogP contribution in [0, 0.1) is 52.3 Å². The summed E-state index contributed by atoms with van der Waals surface area (Å²) < 4.78 is 13.4. The van der Waals surface area contributed by atoms with Gasteiger partial charge in [-0.3, -0.25) is 14.4 Å². The number of hydrogen-bond donors (Lipinski definition) is 1. The summed E-state index contributed by atoms with van der Waals surface area (Å²) in [5.74, 6) is 2.84. The van der Waals surface area contributed by atoms with Crippen LogP contribution in [-0.4, -0.2) is 84.2 Å². The number of piperidine rings is 2. The minimum absolute atomic E-state index is 0.00956. The zero-order valence-electron chi connectivity index (χ0n) is 30.4. The molecule has 1 spiro atoms. The highest BCUT2D eigenvalue weighted by molar-refractivity contribution is 5.97. The number of likely N-dealkylation sites (tertiary alicyclic amines) is 2. The van der Waals surface area contributed by atoms with E-state index in [0.29, 0.717) is 47.8 Å². The van der Waals surface area contributed by atoms with Crippen LogP contribution >= 0.6 is 0 Å². The molecule has 0 aromatic rings. The van der Waals surface area contributed by atoms with Crippen LogP contribution in [0.15, 0.2) is 0 Å². The number of hydrogen-bond acceptors (Lipinski definition) is 6. The van der Waals surface area contributed by atoms with Crippen molar-refractivity contribution in [3.63, 3.8) is 0 Å². The monoisotopic (exact) mass is 665 g/mol. The van der Waals surface area contributed by atoms with Crippen LogP contribution in [0.4, 0.5) is 0 Å². The Morgan fingerprint density at radius 1 is 0.896 bits per heavy atom. The van der Waals surface area contributed by atoms with Gasteiger partial charge in [0.05, 0.1) is 12.7 Å². The first-order valence-corrected chi connectivity index (χ1v) is 20.2. The van der Waals surface area contributed by atoms with E-state index in [1.165, 1.54) is 45.2 Å². The van der Waals surface area contributed by atoms with Crippen molar-refractivity contribution in [3.05, 3.63) is 0 Å². The first-order chi connectivity index (χ1) is 23.0. The quantitative estimate of drug-likeness (QED) is 0.373. The summed E-state index contributed by atoms with van der Waals surface area (Å²) in [7, 11) is 0. The molecule has 2 amide bonds. The number of fused-ring (bicyclic) bond motifs is 7. The number of ether oxygens (including phenoxy) is 2. The Balaban J connectivity index is 0.860. The van der Waals surface area contributed by atoms with Crippen molar-refractivity contribution in [2.75, 3.05) is 32.8 Å². The standard InChI is InChI=1S/C40H63N3O5/c1-25-10-15-40(47-24-25)26(2)37-33(48-40)21-32-30-9-8-27-20-28(11-14-38(27,3)31(30)22-34(44)39(32,37)4)41-35(45)23-36(46)43-18-12-29(13-19-43)42-16-6-5-7-17-42/h25-33,37H,5-24H2,1-4H3,(H,41,45)/t25-,26+,27+,28?,30-,31+,32+,33+,37+,38+,39-,40-/m1/s1. The second kappa shape index (κ2) is 12.6. The Morgan fingerprint density at radius 3 is 2.40 bits per heavy atom. The lowest BCUT2D eigenvalue weighted by Gasteiger charge is -2.60. The third kappa shape index (κ3) is 5.43. The lowest BCUT2D eigenvalue weighted by molar-refractivity contribution is -0.272. The zero-order chi connectivity index (χ0) is 33.4. The van der Waals surface area contributed by atoms with Gasteiger partial charge < -0.3 is 24.6 Å². The molecule has 4 heterocycles. The van der Waals surface area contributed by atoms with E-state index in [2.05, 4.69) is 37.9 Å². The zero-order valence-corrected chi connectivity index (χ0v) is 30.4. The Hall–Kier alpha value is -1.51. The number of nitrogens with one attached hydrogen (secondary N) is 1. The average Bonchev–Trinajstić information content (AvgIpc) is 3.53. The predicted molar refractivity (Wildman–Crippen MR) is 184 cm³/mol. The summed E-state index contributed by atoms with van der Waals surface area (Å²) in [6.45, 7) is 14.1. The van der Waals surface area contributed by atoms with E-state index in [1.54, 1.807) is 0 Å². The molecule has 48 heavy (non-hydrogen) atoms. The third-order valence-electron chi connectivity index (χ3n) is 16.2. The predicted octanol–water partition coefficient (Wildman–Crippen LogP) is 5.96. The molecule has 12 atom stereocenters. The van der Waals surface area contributed by atoms with Crippen molar-refractivity contribution in [2.45, 2.75) is 148 Å². The fraction of sp³-hybridized carbons (Fsp3) is 0.925. The number of nitrogens with zero attached hydrogens (tertiary/aromatic N) is 2. The first-order valence-electron chi connectivity index (χ1n) is 20.2. The van der Waals surface area contributed by atoms with Crippen molar-refractivity contribution in [1.82, 2.24) is 15.1 Å². The van der Waals surface area contributed by atoms with E-state index in [0.717, 1.165) is 71.1 Å². The second-order valence-corrected chi connectivity index (χ2v) is 18.5. The molecule has 0 aromatic heterocycles. The molecule has 0 radical (unpaired) electrons. The molecule has 4 saturated heterocycles. The van der Waals surface area contributed by atoms with Gasteiger partial charge in [0, 0.05) is 55.3 Å². The van der Waals surface area contributed by atoms with Gasteiger partial charge in [0.2, 0.25) is 11.8 Å². The van der Waals surface area contributed by atoms with Crippen LogP contribution in [0.3, 0.4) is 0 Å². The van der Waals surface area contributed by atoms with Gasteiger partial charge in [0.25, 0.3) is 0 Å². The smallest absolute Gasteiger partial charge is 0.232 e. The molecule has 8 rings (SSSR count). The highest BCUT2D eigenvalue weighted by atomic mass is 16.7. The Kier molecular flexibility index (Phi) is 8.84. The molecule has 4 aliphatic heterocycles. The fourth-order valence-corrected chi connectivity index (χ4v) is 13.4. The van der Waals surface area contributed by atoms with Crippen molar-refractivity contribution in [1.29, 1.82) is 0 Å². The molecule has 8 aliphatic rings. The van der Waals surface area contributed by atoms with E-state index in [-0.39, 0.29) is 53.0 Å². The van der Waals surface area contributed by atoms with Gasteiger partial charge in [0.15, 0.2) is 5.79 Å². The molecule has 1 N–H and O–H groups in total. The van der Waals surface area contributed by atoms with E-state index < -0.39 is 5.79 Å². The minimum atomic E-state index is -0.492. The van der Waals surface area contributed by atoms with Crippen LogP contribution in [0.1, 0.15) is 124 Å². The third-order valence-corrected chi connectivity index (χ3v) is 16.2. The number of Topliss-reactive ketones (excluding diaryl/α,β-unsaturated/α-hetero) is 1. The fourth-order valence-electron chi connectivity index (χ4n) is 13.4. The number of ketones is 1. The van der Waals surface area contributed by atoms with E-state index in [4.69, 9.17) is 9.47 Å². The van der Waals surface area contributed by atoms with Crippen molar-refractivity contribution >= 4 is 17.6 Å². The molecular formula is C40H63N3O5. The highest BCUT2D eigenvalue weighted by Crippen LogP contribution is 2.70. The van der Waals surface area contributed by atoms with E-state index in [9.17, 15) is 14.4 Å². The summed E-state index contributed by atoms with van der Waals surface area (Å²) in [6, 6.07) is 0.726. The van der Waals surface area contributed by atoms with Gasteiger partial charge in [-0.05, 0) is 119 Å². The van der Waals surface area contributed by atoms with Crippen molar-refractivity contribution in [2.24, 2.45) is 52.3 Å². The molecule has 0 aromatic carbocycles. The Morgan fingerprint density at radius 2 is 1.67 bits per heavy atom. The largest absolute Gasteiger partial charge is 0.353 e. The average molecular weight is 666 g/mol.